The van der Waals surface area contributed by atoms with E-state index in [1.807, 2.05) is 4.90 Å². The summed E-state index contributed by atoms with van der Waals surface area (Å²) >= 11 is 0. The van der Waals surface area contributed by atoms with Crippen LogP contribution < -0.4 is 5.32 Å². The Balaban J connectivity index is 1.37. The molecule has 0 bridgehead atoms. The number of nitrogens with one attached hydrogen (secondary N) is 1. The highest BCUT2D eigenvalue weighted by atomic mass is 19.4. The molecule has 1 aromatic heterocycles. The van der Waals surface area contributed by atoms with Crippen molar-refractivity contribution in [1.82, 2.24) is 20.1 Å². The van der Waals surface area contributed by atoms with Crippen molar-refractivity contribution < 1.29 is 22.8 Å². The number of carbonyl (C=O) groups excluding carboxylic acids is 2. The van der Waals surface area contributed by atoms with E-state index in [4.69, 9.17) is 0 Å². The van der Waals surface area contributed by atoms with Gasteiger partial charge >= 0.3 is 6.18 Å². The Morgan fingerprint density at radius 3 is 2.84 bits per heavy atom. The molecule has 31 heavy (non-hydrogen) atoms. The Hall–Kier alpha value is -2.16. The fourth-order valence-electron chi connectivity index (χ4n) is 6.26. The number of amides is 2. The largest absolute Gasteiger partial charge is 0.417 e. The molecule has 9 heteroatoms. The third kappa shape index (κ3) is 3.32. The first-order chi connectivity index (χ1) is 14.7. The molecule has 5 rings (SSSR count). The van der Waals surface area contributed by atoms with Crippen LogP contribution in [-0.4, -0.2) is 58.3 Å². The Morgan fingerprint density at radius 2 is 2.06 bits per heavy atom. The predicted molar refractivity (Wildman–Crippen MR) is 106 cm³/mol. The third-order valence-corrected chi connectivity index (χ3v) is 8.05. The fourth-order valence-corrected chi connectivity index (χ4v) is 6.26. The second-order valence-electron chi connectivity index (χ2n) is 9.51. The highest BCUT2D eigenvalue weighted by molar-refractivity contribution is 5.87. The van der Waals surface area contributed by atoms with Crippen molar-refractivity contribution in [2.45, 2.75) is 63.8 Å². The van der Waals surface area contributed by atoms with E-state index < -0.39 is 17.2 Å². The predicted octanol–water partition coefficient (Wildman–Crippen LogP) is 2.36. The molecular weight excluding hydrogens is 409 g/mol. The van der Waals surface area contributed by atoms with Gasteiger partial charge in [-0.15, -0.1) is 0 Å². The molecule has 4 heterocycles. The van der Waals surface area contributed by atoms with E-state index in [1.54, 1.807) is 0 Å². The summed E-state index contributed by atoms with van der Waals surface area (Å²) in [5, 5.41) is 2.90. The molecule has 1 aliphatic carbocycles. The van der Waals surface area contributed by atoms with E-state index in [0.29, 0.717) is 37.2 Å². The van der Waals surface area contributed by atoms with E-state index in [0.717, 1.165) is 38.1 Å². The van der Waals surface area contributed by atoms with Gasteiger partial charge in [-0.05, 0) is 36.8 Å². The first kappa shape index (κ1) is 20.7. The number of pyridine rings is 1. The average molecular weight is 436 g/mol. The smallest absolute Gasteiger partial charge is 0.355 e. The average Bonchev–Trinajstić information content (AvgIpc) is 3.16. The van der Waals surface area contributed by atoms with Crippen LogP contribution >= 0.6 is 0 Å². The molecule has 168 valence electrons. The zero-order chi connectivity index (χ0) is 22.0. The number of hydrogen-bond acceptors (Lipinski definition) is 4. The van der Waals surface area contributed by atoms with Crippen molar-refractivity contribution in [2.75, 3.05) is 19.6 Å². The van der Waals surface area contributed by atoms with Gasteiger partial charge in [0.2, 0.25) is 11.8 Å². The van der Waals surface area contributed by atoms with Gasteiger partial charge in [-0.2, -0.15) is 13.2 Å². The number of carbonyl (C=O) groups is 2. The summed E-state index contributed by atoms with van der Waals surface area (Å²) < 4.78 is 39.4. The van der Waals surface area contributed by atoms with Gasteiger partial charge in [0.25, 0.3) is 0 Å². The fraction of sp³-hybridized carbons (Fsp3) is 0.682. The summed E-state index contributed by atoms with van der Waals surface area (Å²) in [5.74, 6) is 0.273. The summed E-state index contributed by atoms with van der Waals surface area (Å²) in [6, 6.07) is 1.40. The molecule has 3 aliphatic heterocycles. The van der Waals surface area contributed by atoms with Crippen LogP contribution in [0.2, 0.25) is 0 Å². The maximum Gasteiger partial charge on any atom is 0.417 e. The maximum atomic E-state index is 13.6. The number of alkyl halides is 3. The Bertz CT molecular complexity index is 921. The van der Waals surface area contributed by atoms with Crippen LogP contribution in [0.25, 0.3) is 0 Å². The zero-order valence-corrected chi connectivity index (χ0v) is 17.5. The van der Waals surface area contributed by atoms with Gasteiger partial charge in [-0.25, -0.2) is 0 Å². The van der Waals surface area contributed by atoms with Gasteiger partial charge < -0.3 is 10.2 Å². The van der Waals surface area contributed by atoms with Crippen LogP contribution in [0.3, 0.4) is 0 Å². The summed E-state index contributed by atoms with van der Waals surface area (Å²) in [5.41, 5.74) is -0.0363. The first-order valence-corrected chi connectivity index (χ1v) is 11.1. The molecule has 4 aliphatic rings. The molecule has 0 aromatic carbocycles. The normalized spacial score (nSPS) is 33.9. The van der Waals surface area contributed by atoms with Gasteiger partial charge in [0.05, 0.1) is 11.0 Å². The highest BCUT2D eigenvalue weighted by Crippen LogP contribution is 2.55. The Morgan fingerprint density at radius 1 is 1.26 bits per heavy atom. The standard InChI is InChI=1S/C22H27F3N4O2/c1-13-18-9-17-14(8-15(11-27-17)22(23,24)25)12-29(18)20(31)21(13)4-2-16(10-21)28-6-3-19(30)26-5-7-28/h8,11,13,16,18H,2-7,9-10,12H2,1H3,(H,26,30)/t13?,16?,18?,21-/m0/s1. The molecule has 6 nitrogen and oxygen atoms in total. The molecular formula is C22H27F3N4O2. The van der Waals surface area contributed by atoms with E-state index in [1.165, 1.54) is 0 Å². The lowest BCUT2D eigenvalue weighted by Crippen LogP contribution is -2.41. The van der Waals surface area contributed by atoms with E-state index >= 15 is 0 Å². The molecule has 1 N–H and O–H groups in total. The second kappa shape index (κ2) is 7.18. The topological polar surface area (TPSA) is 65.5 Å². The molecule has 3 unspecified atom stereocenters. The van der Waals surface area contributed by atoms with Gasteiger partial charge in [0.1, 0.15) is 0 Å². The zero-order valence-electron chi connectivity index (χ0n) is 17.5. The van der Waals surface area contributed by atoms with Gasteiger partial charge in [-0.3, -0.25) is 19.5 Å². The van der Waals surface area contributed by atoms with Crippen molar-refractivity contribution in [2.24, 2.45) is 11.3 Å². The summed E-state index contributed by atoms with van der Waals surface area (Å²) in [6.45, 7) is 4.45. The highest BCUT2D eigenvalue weighted by Gasteiger charge is 2.60. The summed E-state index contributed by atoms with van der Waals surface area (Å²) in [6.07, 6.45) is -0.0875. The minimum absolute atomic E-state index is 0.0182. The number of rotatable bonds is 1. The van der Waals surface area contributed by atoms with Crippen LogP contribution in [0.1, 0.15) is 49.4 Å². The minimum atomic E-state index is -4.44. The Labute approximate surface area is 179 Å². The maximum absolute atomic E-state index is 13.6. The van der Waals surface area contributed by atoms with Crippen LogP contribution in [0, 0.1) is 11.3 Å². The molecule has 3 fully saturated rings. The van der Waals surface area contributed by atoms with E-state index in [-0.39, 0.29) is 36.4 Å². The van der Waals surface area contributed by atoms with Crippen molar-refractivity contribution in [1.29, 1.82) is 0 Å². The van der Waals surface area contributed by atoms with Crippen molar-refractivity contribution in [3.8, 4) is 0 Å². The second-order valence-corrected chi connectivity index (χ2v) is 9.51. The number of halogens is 3. The summed E-state index contributed by atoms with van der Waals surface area (Å²) in [7, 11) is 0. The molecule has 4 atom stereocenters. The minimum Gasteiger partial charge on any atom is -0.355 e. The first-order valence-electron chi connectivity index (χ1n) is 11.1. The monoisotopic (exact) mass is 436 g/mol. The summed E-state index contributed by atoms with van der Waals surface area (Å²) in [4.78, 5) is 33.6. The van der Waals surface area contributed by atoms with Gasteiger partial charge in [0, 0.05) is 63.0 Å². The number of fused-ring (bicyclic) bond motifs is 2. The Kier molecular flexibility index (Phi) is 4.80. The molecule has 0 radical (unpaired) electrons. The molecule has 2 saturated heterocycles. The van der Waals surface area contributed by atoms with E-state index in [9.17, 15) is 22.8 Å². The number of nitrogens with zero attached hydrogens (tertiary/aromatic N) is 3. The molecule has 1 aromatic rings. The van der Waals surface area contributed by atoms with Crippen molar-refractivity contribution in [3.05, 3.63) is 29.1 Å². The molecule has 2 amide bonds. The third-order valence-electron chi connectivity index (χ3n) is 8.05. The molecule has 1 saturated carbocycles. The van der Waals surface area contributed by atoms with E-state index in [2.05, 4.69) is 22.1 Å². The SMILES string of the molecule is CC1C2Cc3ncc(C(F)(F)F)cc3CN2C(=O)[C@]12CCC(N1CCNC(=O)CC1)C2. The van der Waals surface area contributed by atoms with Crippen LogP contribution in [-0.2, 0) is 28.7 Å². The number of aromatic nitrogens is 1. The molecule has 1 spiro atoms. The van der Waals surface area contributed by atoms with Crippen molar-refractivity contribution in [3.63, 3.8) is 0 Å². The van der Waals surface area contributed by atoms with Gasteiger partial charge in [0.15, 0.2) is 0 Å². The van der Waals surface area contributed by atoms with Crippen LogP contribution in [0.4, 0.5) is 13.2 Å². The van der Waals surface area contributed by atoms with Crippen molar-refractivity contribution >= 4 is 11.8 Å². The lowest BCUT2D eigenvalue weighted by Gasteiger charge is -2.33. The van der Waals surface area contributed by atoms with Gasteiger partial charge in [-0.1, -0.05) is 6.92 Å². The lowest BCUT2D eigenvalue weighted by atomic mass is 9.73. The number of hydrogen-bond donors (Lipinski definition) is 1. The quantitative estimate of drug-likeness (QED) is 0.734. The lowest BCUT2D eigenvalue weighted by molar-refractivity contribution is -0.138. The van der Waals surface area contributed by atoms with Crippen LogP contribution in [0.15, 0.2) is 12.3 Å². The van der Waals surface area contributed by atoms with Crippen LogP contribution in [0.5, 0.6) is 0 Å².